The molecule has 0 bridgehead atoms. The highest BCUT2D eigenvalue weighted by molar-refractivity contribution is 7.99. The first-order chi connectivity index (χ1) is 14.9. The van der Waals surface area contributed by atoms with Gasteiger partial charge in [-0.05, 0) is 44.4 Å². The summed E-state index contributed by atoms with van der Waals surface area (Å²) >= 11 is 1.18. The molecule has 0 unspecified atom stereocenters. The quantitative estimate of drug-likeness (QED) is 0.494. The molecule has 1 aliphatic rings. The van der Waals surface area contributed by atoms with Gasteiger partial charge in [-0.25, -0.2) is 8.42 Å². The maximum Gasteiger partial charge on any atom is 0.277 e. The molecule has 0 aliphatic heterocycles. The minimum absolute atomic E-state index is 0.00714. The fourth-order valence-electron chi connectivity index (χ4n) is 3.53. The van der Waals surface area contributed by atoms with Crippen molar-refractivity contribution in [3.8, 4) is 11.5 Å². The van der Waals surface area contributed by atoms with Crippen LogP contribution in [0.5, 0.6) is 0 Å². The second-order valence-electron chi connectivity index (χ2n) is 7.00. The Hall–Kier alpha value is -2.17. The molecule has 0 saturated carbocycles. The Morgan fingerprint density at radius 1 is 1.16 bits per heavy atom. The molecule has 3 rings (SSSR count). The molecule has 0 radical (unpaired) electrons. The fraction of sp³-hybridized carbons (Fsp3) is 0.476. The Morgan fingerprint density at radius 3 is 2.58 bits per heavy atom. The van der Waals surface area contributed by atoms with E-state index in [-0.39, 0.29) is 27.7 Å². The number of amides is 1. The van der Waals surface area contributed by atoms with Crippen LogP contribution in [-0.2, 0) is 14.8 Å². The van der Waals surface area contributed by atoms with Gasteiger partial charge in [-0.15, -0.1) is 10.2 Å². The Kier molecular flexibility index (Phi) is 7.90. The molecular weight excluding hydrogens is 436 g/mol. The third kappa shape index (κ3) is 5.36. The van der Waals surface area contributed by atoms with E-state index >= 15 is 0 Å². The number of nitrogens with zero attached hydrogens (tertiary/aromatic N) is 4. The normalized spacial score (nSPS) is 14.1. The van der Waals surface area contributed by atoms with E-state index in [0.29, 0.717) is 25.2 Å². The lowest BCUT2D eigenvalue weighted by molar-refractivity contribution is -0.126. The second-order valence-corrected chi connectivity index (χ2v) is 9.87. The Bertz CT molecular complexity index is 1050. The van der Waals surface area contributed by atoms with Gasteiger partial charge in [-0.3, -0.25) is 4.79 Å². The summed E-state index contributed by atoms with van der Waals surface area (Å²) in [5, 5.41) is 8.32. The van der Waals surface area contributed by atoms with Crippen molar-refractivity contribution in [3.05, 3.63) is 36.0 Å². The van der Waals surface area contributed by atoms with Crippen molar-refractivity contribution in [2.45, 2.75) is 50.2 Å². The van der Waals surface area contributed by atoms with Crippen molar-refractivity contribution < 1.29 is 17.6 Å². The number of carbonyl (C=O) groups excluding carboxylic acids is 1. The number of carbonyl (C=O) groups is 1. The number of thioether (sulfide) groups is 1. The number of hydrogen-bond donors (Lipinski definition) is 0. The van der Waals surface area contributed by atoms with Crippen LogP contribution < -0.4 is 0 Å². The van der Waals surface area contributed by atoms with Crippen LogP contribution in [0.1, 0.15) is 40.0 Å². The molecule has 0 fully saturated rings. The van der Waals surface area contributed by atoms with Crippen LogP contribution in [-0.4, -0.2) is 59.1 Å². The number of rotatable bonds is 10. The molecule has 1 aromatic heterocycles. The zero-order valence-corrected chi connectivity index (χ0v) is 19.7. The van der Waals surface area contributed by atoms with Crippen LogP contribution in [0.4, 0.5) is 0 Å². The summed E-state index contributed by atoms with van der Waals surface area (Å²) in [6.07, 6.45) is 5.16. The zero-order valence-electron chi connectivity index (χ0n) is 18.1. The SMILES string of the molecule is CCN(C(=O)CSc1nnc(-c2cccc(S(=O)(=O)N(CC)CC)c2)o1)C1=CCCC1. The number of sulfonamides is 1. The van der Waals surface area contributed by atoms with Crippen LogP contribution in [0.25, 0.3) is 11.5 Å². The number of benzene rings is 1. The Balaban J connectivity index is 1.70. The molecule has 2 aromatic rings. The summed E-state index contributed by atoms with van der Waals surface area (Å²) in [4.78, 5) is 14.6. The largest absolute Gasteiger partial charge is 0.411 e. The van der Waals surface area contributed by atoms with E-state index in [9.17, 15) is 13.2 Å². The third-order valence-corrected chi connectivity index (χ3v) is 7.98. The lowest BCUT2D eigenvalue weighted by atomic mass is 10.2. The molecule has 168 valence electrons. The minimum atomic E-state index is -3.58. The van der Waals surface area contributed by atoms with Gasteiger partial charge in [0.1, 0.15) is 0 Å². The Labute approximate surface area is 187 Å². The highest BCUT2D eigenvalue weighted by Crippen LogP contribution is 2.27. The molecule has 1 aliphatic carbocycles. The molecule has 1 amide bonds. The van der Waals surface area contributed by atoms with E-state index in [2.05, 4.69) is 16.3 Å². The van der Waals surface area contributed by atoms with Crippen LogP contribution in [0.2, 0.25) is 0 Å². The van der Waals surface area contributed by atoms with Gasteiger partial charge in [0.2, 0.25) is 21.8 Å². The zero-order chi connectivity index (χ0) is 22.4. The smallest absolute Gasteiger partial charge is 0.277 e. The van der Waals surface area contributed by atoms with Crippen molar-refractivity contribution in [2.24, 2.45) is 0 Å². The van der Waals surface area contributed by atoms with Gasteiger partial charge in [-0.2, -0.15) is 4.31 Å². The maximum atomic E-state index is 12.8. The highest BCUT2D eigenvalue weighted by Gasteiger charge is 2.23. The summed E-state index contributed by atoms with van der Waals surface area (Å²) in [7, 11) is -3.58. The van der Waals surface area contributed by atoms with Crippen LogP contribution in [0, 0.1) is 0 Å². The van der Waals surface area contributed by atoms with E-state index in [1.54, 1.807) is 36.9 Å². The molecular formula is C21H28N4O4S2. The van der Waals surface area contributed by atoms with Crippen LogP contribution >= 0.6 is 11.8 Å². The highest BCUT2D eigenvalue weighted by atomic mass is 32.2. The molecule has 0 N–H and O–H groups in total. The standard InChI is InChI=1S/C21H28N4O4S2/c1-4-24(5-2)31(27,28)18-13-9-10-16(14-18)20-22-23-21(29-20)30-15-19(26)25(6-3)17-11-7-8-12-17/h9-11,13-14H,4-8,12,15H2,1-3H3. The van der Waals surface area contributed by atoms with Crippen molar-refractivity contribution in [3.63, 3.8) is 0 Å². The van der Waals surface area contributed by atoms with Crippen molar-refractivity contribution in [1.29, 1.82) is 0 Å². The van der Waals surface area contributed by atoms with Crippen molar-refractivity contribution in [2.75, 3.05) is 25.4 Å². The van der Waals surface area contributed by atoms with E-state index in [1.807, 2.05) is 6.92 Å². The lowest BCUT2D eigenvalue weighted by Crippen LogP contribution is -2.31. The average molecular weight is 465 g/mol. The summed E-state index contributed by atoms with van der Waals surface area (Å²) in [5.74, 6) is 0.425. The summed E-state index contributed by atoms with van der Waals surface area (Å²) < 4.78 is 32.6. The van der Waals surface area contributed by atoms with E-state index < -0.39 is 10.0 Å². The lowest BCUT2D eigenvalue weighted by Gasteiger charge is -2.21. The maximum absolute atomic E-state index is 12.8. The van der Waals surface area contributed by atoms with E-state index in [4.69, 9.17) is 4.42 Å². The summed E-state index contributed by atoms with van der Waals surface area (Å²) in [5.41, 5.74) is 1.61. The first-order valence-electron chi connectivity index (χ1n) is 10.5. The fourth-order valence-corrected chi connectivity index (χ4v) is 5.67. The van der Waals surface area contributed by atoms with Gasteiger partial charge in [0.15, 0.2) is 0 Å². The van der Waals surface area contributed by atoms with Crippen LogP contribution in [0.15, 0.2) is 50.6 Å². The topological polar surface area (TPSA) is 96.6 Å². The van der Waals surface area contributed by atoms with E-state index in [0.717, 1.165) is 25.0 Å². The molecule has 0 atom stereocenters. The van der Waals surface area contributed by atoms with Crippen molar-refractivity contribution >= 4 is 27.7 Å². The summed E-state index contributed by atoms with van der Waals surface area (Å²) in [6, 6.07) is 6.46. The van der Waals surface area contributed by atoms with Gasteiger partial charge in [0.05, 0.1) is 10.6 Å². The van der Waals surface area contributed by atoms with E-state index in [1.165, 1.54) is 22.1 Å². The number of aromatic nitrogens is 2. The van der Waals surface area contributed by atoms with Gasteiger partial charge in [-0.1, -0.05) is 37.8 Å². The molecule has 1 heterocycles. The third-order valence-electron chi connectivity index (χ3n) is 5.13. The minimum Gasteiger partial charge on any atom is -0.411 e. The van der Waals surface area contributed by atoms with Crippen LogP contribution in [0.3, 0.4) is 0 Å². The van der Waals surface area contributed by atoms with Gasteiger partial charge < -0.3 is 9.32 Å². The predicted octanol–water partition coefficient (Wildman–Crippen LogP) is 3.78. The van der Waals surface area contributed by atoms with Gasteiger partial charge in [0.25, 0.3) is 5.22 Å². The monoisotopic (exact) mass is 464 g/mol. The number of allylic oxidation sites excluding steroid dienone is 2. The van der Waals surface area contributed by atoms with Crippen molar-refractivity contribution in [1.82, 2.24) is 19.4 Å². The first-order valence-corrected chi connectivity index (χ1v) is 12.9. The molecule has 0 saturated heterocycles. The molecule has 31 heavy (non-hydrogen) atoms. The molecule has 0 spiro atoms. The second kappa shape index (κ2) is 10.4. The van der Waals surface area contributed by atoms with Gasteiger partial charge >= 0.3 is 0 Å². The Morgan fingerprint density at radius 2 is 1.94 bits per heavy atom. The average Bonchev–Trinajstić information content (AvgIpc) is 3.46. The number of hydrogen-bond acceptors (Lipinski definition) is 7. The molecule has 10 heteroatoms. The summed E-state index contributed by atoms with van der Waals surface area (Å²) in [6.45, 7) is 6.99. The first kappa shape index (κ1) is 23.5. The molecule has 1 aromatic carbocycles. The molecule has 8 nitrogen and oxygen atoms in total. The predicted molar refractivity (Wildman–Crippen MR) is 120 cm³/mol. The van der Waals surface area contributed by atoms with Gasteiger partial charge in [0, 0.05) is 30.9 Å².